The third-order valence-corrected chi connectivity index (χ3v) is 4.99. The Labute approximate surface area is 125 Å². The first kappa shape index (κ1) is 14.3. The highest BCUT2D eigenvalue weighted by atomic mass is 16.4. The molecule has 0 amide bonds. The molecule has 1 aliphatic carbocycles. The third kappa shape index (κ3) is 2.28. The van der Waals surface area contributed by atoms with Crippen LogP contribution >= 0.6 is 0 Å². The van der Waals surface area contributed by atoms with Crippen LogP contribution in [0.4, 0.5) is 5.95 Å². The summed E-state index contributed by atoms with van der Waals surface area (Å²) in [7, 11) is 0. The van der Waals surface area contributed by atoms with Crippen LogP contribution in [0.2, 0.25) is 0 Å². The van der Waals surface area contributed by atoms with Gasteiger partial charge in [-0.25, -0.2) is 9.97 Å². The zero-order chi connectivity index (χ0) is 15.3. The number of aromatic nitrogens is 2. The summed E-state index contributed by atoms with van der Waals surface area (Å²) in [4.78, 5) is 22.8. The highest BCUT2D eigenvalue weighted by molar-refractivity contribution is 5.77. The van der Waals surface area contributed by atoms with E-state index in [0.717, 1.165) is 31.5 Å². The van der Waals surface area contributed by atoms with Crippen molar-refractivity contribution in [3.8, 4) is 0 Å². The smallest absolute Gasteiger partial charge is 0.311 e. The molecule has 0 aromatic carbocycles. The summed E-state index contributed by atoms with van der Waals surface area (Å²) in [6.07, 6.45) is 4.59. The van der Waals surface area contributed by atoms with E-state index in [4.69, 9.17) is 0 Å². The normalized spacial score (nSPS) is 28.7. The van der Waals surface area contributed by atoms with Crippen molar-refractivity contribution >= 4 is 11.9 Å². The monoisotopic (exact) mass is 289 g/mol. The lowest BCUT2D eigenvalue weighted by atomic mass is 9.81. The minimum absolute atomic E-state index is 0.0300. The quantitative estimate of drug-likeness (QED) is 0.906. The van der Waals surface area contributed by atoms with Gasteiger partial charge in [-0.15, -0.1) is 0 Å². The topological polar surface area (TPSA) is 66.3 Å². The molecule has 1 N–H and O–H groups in total. The first-order chi connectivity index (χ1) is 9.83. The maximum Gasteiger partial charge on any atom is 0.311 e. The Morgan fingerprint density at radius 1 is 1.48 bits per heavy atom. The van der Waals surface area contributed by atoms with Crippen molar-refractivity contribution in [3.63, 3.8) is 0 Å². The van der Waals surface area contributed by atoms with Crippen molar-refractivity contribution in [1.82, 2.24) is 9.97 Å². The van der Waals surface area contributed by atoms with Gasteiger partial charge in [0.2, 0.25) is 5.95 Å². The second-order valence-electron chi connectivity index (χ2n) is 7.42. The molecule has 2 fully saturated rings. The Kier molecular flexibility index (Phi) is 3.19. The fourth-order valence-electron chi connectivity index (χ4n) is 3.71. The summed E-state index contributed by atoms with van der Waals surface area (Å²) < 4.78 is 0. The molecule has 114 valence electrons. The van der Waals surface area contributed by atoms with Gasteiger partial charge in [-0.1, -0.05) is 27.2 Å². The van der Waals surface area contributed by atoms with Crippen molar-refractivity contribution in [1.29, 1.82) is 0 Å². The average molecular weight is 289 g/mol. The molecule has 0 radical (unpaired) electrons. The third-order valence-electron chi connectivity index (χ3n) is 4.99. The Bertz CT molecular complexity index is 567. The van der Waals surface area contributed by atoms with Crippen LogP contribution in [0, 0.1) is 11.3 Å². The molecule has 1 saturated carbocycles. The maximum atomic E-state index is 11.7. The van der Waals surface area contributed by atoms with Crippen molar-refractivity contribution in [2.45, 2.75) is 45.4 Å². The number of carboxylic acid groups (broad SMARTS) is 1. The fourth-order valence-corrected chi connectivity index (χ4v) is 3.71. The lowest BCUT2D eigenvalue weighted by molar-refractivity contribution is -0.149. The number of hydrogen-bond donors (Lipinski definition) is 1. The lowest BCUT2D eigenvalue weighted by Gasteiger charge is -2.24. The van der Waals surface area contributed by atoms with E-state index in [0.29, 0.717) is 12.5 Å². The molecule has 1 saturated heterocycles. The molecule has 1 aromatic heterocycles. The van der Waals surface area contributed by atoms with Gasteiger partial charge in [-0.3, -0.25) is 4.79 Å². The molecule has 0 unspecified atom stereocenters. The van der Waals surface area contributed by atoms with Crippen molar-refractivity contribution in [3.05, 3.63) is 18.0 Å². The first-order valence-corrected chi connectivity index (χ1v) is 7.65. The number of fused-ring (bicyclic) bond motifs is 1. The van der Waals surface area contributed by atoms with Crippen molar-refractivity contribution in [2.24, 2.45) is 11.3 Å². The predicted molar refractivity (Wildman–Crippen MR) is 80.4 cm³/mol. The van der Waals surface area contributed by atoms with Crippen LogP contribution in [0.15, 0.2) is 12.3 Å². The molecule has 1 aliphatic heterocycles. The van der Waals surface area contributed by atoms with Gasteiger partial charge in [0.25, 0.3) is 0 Å². The van der Waals surface area contributed by atoms with Crippen molar-refractivity contribution in [2.75, 3.05) is 18.0 Å². The standard InChI is InChI=1S/C16H23N3O2/c1-15(2,3)12-6-8-17-14(18-12)19-9-11-5-4-7-16(11,10-19)13(20)21/h6,8,11H,4-5,7,9-10H2,1-3H3,(H,20,21)/t11-,16+/m0/s1. The van der Waals surface area contributed by atoms with E-state index in [1.165, 1.54) is 0 Å². The molecule has 3 rings (SSSR count). The van der Waals surface area contributed by atoms with Gasteiger partial charge in [-0.2, -0.15) is 0 Å². The predicted octanol–water partition coefficient (Wildman–Crippen LogP) is 2.47. The van der Waals surface area contributed by atoms with Crippen LogP contribution in [0.25, 0.3) is 0 Å². The molecule has 5 nitrogen and oxygen atoms in total. The summed E-state index contributed by atoms with van der Waals surface area (Å²) in [5.41, 5.74) is 0.382. The molecule has 2 aliphatic rings. The van der Waals surface area contributed by atoms with Gasteiger partial charge >= 0.3 is 5.97 Å². The minimum atomic E-state index is -0.653. The number of anilines is 1. The molecule has 21 heavy (non-hydrogen) atoms. The van der Waals surface area contributed by atoms with Gasteiger partial charge in [0.1, 0.15) is 0 Å². The number of rotatable bonds is 2. The zero-order valence-electron chi connectivity index (χ0n) is 13.0. The van der Waals surface area contributed by atoms with Crippen LogP contribution < -0.4 is 4.90 Å². The second-order valence-corrected chi connectivity index (χ2v) is 7.42. The van der Waals surface area contributed by atoms with Gasteiger partial charge < -0.3 is 10.0 Å². The number of hydrogen-bond acceptors (Lipinski definition) is 4. The Balaban J connectivity index is 1.89. The van der Waals surface area contributed by atoms with E-state index in [1.807, 2.05) is 6.07 Å². The fraction of sp³-hybridized carbons (Fsp3) is 0.688. The summed E-state index contributed by atoms with van der Waals surface area (Å²) in [5.74, 6) is 0.258. The summed E-state index contributed by atoms with van der Waals surface area (Å²) >= 11 is 0. The van der Waals surface area contributed by atoms with Gasteiger partial charge in [0, 0.05) is 24.7 Å². The molecular formula is C16H23N3O2. The molecule has 2 heterocycles. The number of aliphatic carboxylic acids is 1. The van der Waals surface area contributed by atoms with E-state index in [1.54, 1.807) is 6.20 Å². The number of carbonyl (C=O) groups is 1. The van der Waals surface area contributed by atoms with Crippen LogP contribution in [0.1, 0.15) is 45.7 Å². The first-order valence-electron chi connectivity index (χ1n) is 7.65. The van der Waals surface area contributed by atoms with Gasteiger partial charge in [0.15, 0.2) is 0 Å². The minimum Gasteiger partial charge on any atom is -0.481 e. The molecule has 5 heteroatoms. The van der Waals surface area contributed by atoms with Crippen molar-refractivity contribution < 1.29 is 9.90 Å². The maximum absolute atomic E-state index is 11.7. The van der Waals surface area contributed by atoms with E-state index in [9.17, 15) is 9.90 Å². The SMILES string of the molecule is CC(C)(C)c1ccnc(N2C[C@@H]3CCC[C@@]3(C(=O)O)C2)n1. The summed E-state index contributed by atoms with van der Waals surface area (Å²) in [6, 6.07) is 1.94. The van der Waals surface area contributed by atoms with Crippen LogP contribution in [-0.2, 0) is 10.2 Å². The summed E-state index contributed by atoms with van der Waals surface area (Å²) in [5, 5.41) is 9.66. The molecule has 0 bridgehead atoms. The van der Waals surface area contributed by atoms with E-state index < -0.39 is 11.4 Å². The Morgan fingerprint density at radius 2 is 2.24 bits per heavy atom. The Morgan fingerprint density at radius 3 is 2.86 bits per heavy atom. The largest absolute Gasteiger partial charge is 0.481 e. The molecule has 0 spiro atoms. The van der Waals surface area contributed by atoms with Crippen LogP contribution in [-0.4, -0.2) is 34.1 Å². The second kappa shape index (κ2) is 4.68. The Hall–Kier alpha value is -1.65. The number of nitrogens with zero attached hydrogens (tertiary/aromatic N) is 3. The van der Waals surface area contributed by atoms with Crippen LogP contribution in [0.3, 0.4) is 0 Å². The molecular weight excluding hydrogens is 266 g/mol. The van der Waals surface area contributed by atoms with Gasteiger partial charge in [0.05, 0.1) is 11.1 Å². The molecule has 2 atom stereocenters. The highest BCUT2D eigenvalue weighted by Gasteiger charge is 2.55. The lowest BCUT2D eigenvalue weighted by Crippen LogP contribution is -2.36. The molecule has 1 aromatic rings. The van der Waals surface area contributed by atoms with E-state index >= 15 is 0 Å². The zero-order valence-corrected chi connectivity index (χ0v) is 13.0. The summed E-state index contributed by atoms with van der Waals surface area (Å²) in [6.45, 7) is 7.67. The average Bonchev–Trinajstić information content (AvgIpc) is 2.95. The number of carboxylic acids is 1. The van der Waals surface area contributed by atoms with E-state index in [2.05, 4.69) is 35.6 Å². The van der Waals surface area contributed by atoms with Gasteiger partial charge in [-0.05, 0) is 24.8 Å². The van der Waals surface area contributed by atoms with Crippen LogP contribution in [0.5, 0.6) is 0 Å². The highest BCUT2D eigenvalue weighted by Crippen LogP contribution is 2.49. The van der Waals surface area contributed by atoms with E-state index in [-0.39, 0.29) is 11.3 Å².